The number of hydrogen-bond acceptors (Lipinski definition) is 5. The number of likely N-dealkylation sites (tertiary alicyclic amines) is 1. The first-order valence-electron chi connectivity index (χ1n) is 7.87. The molecule has 2 rings (SSSR count). The number of pyridine rings is 1. The molecule has 0 amide bonds. The van der Waals surface area contributed by atoms with Crippen molar-refractivity contribution in [1.29, 1.82) is 10.5 Å². The van der Waals surface area contributed by atoms with Crippen molar-refractivity contribution in [1.82, 2.24) is 9.88 Å². The third kappa shape index (κ3) is 5.02. The lowest BCUT2D eigenvalue weighted by Crippen LogP contribution is -2.28. The molecule has 0 saturated carbocycles. The number of anilines is 1. The first kappa shape index (κ1) is 16.3. The maximum atomic E-state index is 9.15. The number of nitrogens with zero attached hydrogens (tertiary/aromatic N) is 4. The highest BCUT2D eigenvalue weighted by Crippen LogP contribution is 2.19. The molecule has 1 saturated heterocycles. The highest BCUT2D eigenvalue weighted by Gasteiger charge is 2.24. The van der Waals surface area contributed by atoms with Gasteiger partial charge in [-0.05, 0) is 44.4 Å². The summed E-state index contributed by atoms with van der Waals surface area (Å²) in [7, 11) is 0. The van der Waals surface area contributed by atoms with Crippen LogP contribution >= 0.6 is 0 Å². The van der Waals surface area contributed by atoms with Gasteiger partial charge in [0, 0.05) is 31.7 Å². The third-order valence-corrected chi connectivity index (χ3v) is 4.10. The molecule has 2 unspecified atom stereocenters. The van der Waals surface area contributed by atoms with E-state index in [0.717, 1.165) is 44.1 Å². The van der Waals surface area contributed by atoms with Gasteiger partial charge in [-0.2, -0.15) is 10.5 Å². The summed E-state index contributed by atoms with van der Waals surface area (Å²) in [6, 6.07) is 10.4. The molecule has 0 aromatic carbocycles. The van der Waals surface area contributed by atoms with Crippen LogP contribution in [0.5, 0.6) is 0 Å². The Kier molecular flexibility index (Phi) is 6.18. The monoisotopic (exact) mass is 297 g/mol. The van der Waals surface area contributed by atoms with Crippen molar-refractivity contribution >= 4 is 5.82 Å². The van der Waals surface area contributed by atoms with E-state index in [0.29, 0.717) is 18.8 Å². The summed E-state index contributed by atoms with van der Waals surface area (Å²) in [5, 5.41) is 21.2. The van der Waals surface area contributed by atoms with Gasteiger partial charge in [-0.3, -0.25) is 0 Å². The third-order valence-electron chi connectivity index (χ3n) is 4.10. The molecule has 2 atom stereocenters. The molecule has 2 heterocycles. The highest BCUT2D eigenvalue weighted by molar-refractivity contribution is 5.35. The fourth-order valence-electron chi connectivity index (χ4n) is 2.88. The van der Waals surface area contributed by atoms with Gasteiger partial charge in [-0.1, -0.05) is 6.07 Å². The molecule has 0 aliphatic carbocycles. The second kappa shape index (κ2) is 8.36. The van der Waals surface area contributed by atoms with Gasteiger partial charge in [0.05, 0.1) is 18.1 Å². The van der Waals surface area contributed by atoms with Gasteiger partial charge in [0.25, 0.3) is 0 Å². The van der Waals surface area contributed by atoms with Crippen LogP contribution in [0.3, 0.4) is 0 Å². The fraction of sp³-hybridized carbons (Fsp3) is 0.588. The molecule has 22 heavy (non-hydrogen) atoms. The molecule has 1 aromatic heterocycles. The molecular formula is C17H23N5. The maximum absolute atomic E-state index is 9.15. The average Bonchev–Trinajstić information content (AvgIpc) is 2.97. The zero-order valence-electron chi connectivity index (χ0n) is 13.1. The number of aromatic nitrogens is 1. The Bertz CT molecular complexity index is 557. The topological polar surface area (TPSA) is 75.7 Å². The SMILES string of the molecule is Cc1cccc(NCC2CCN(CC(C#N)CCC#N)C2)n1. The molecule has 5 heteroatoms. The number of rotatable bonds is 7. The van der Waals surface area contributed by atoms with Gasteiger partial charge in [0.2, 0.25) is 0 Å². The van der Waals surface area contributed by atoms with Crippen molar-refractivity contribution in [3.05, 3.63) is 23.9 Å². The van der Waals surface area contributed by atoms with Gasteiger partial charge in [0.1, 0.15) is 5.82 Å². The van der Waals surface area contributed by atoms with E-state index in [1.165, 1.54) is 0 Å². The summed E-state index contributed by atoms with van der Waals surface area (Å²) in [5.74, 6) is 1.50. The van der Waals surface area contributed by atoms with Crippen molar-refractivity contribution < 1.29 is 0 Å². The van der Waals surface area contributed by atoms with Crippen LogP contribution in [0, 0.1) is 41.4 Å². The maximum Gasteiger partial charge on any atom is 0.126 e. The van der Waals surface area contributed by atoms with Crippen LogP contribution in [0.15, 0.2) is 18.2 Å². The Hall–Kier alpha value is -2.11. The minimum atomic E-state index is -0.0233. The number of aryl methyl sites for hydroxylation is 1. The summed E-state index contributed by atoms with van der Waals surface area (Å²) in [5.41, 5.74) is 1.02. The Morgan fingerprint density at radius 2 is 2.32 bits per heavy atom. The van der Waals surface area contributed by atoms with Gasteiger partial charge in [-0.25, -0.2) is 4.98 Å². The van der Waals surface area contributed by atoms with E-state index in [2.05, 4.69) is 27.3 Å². The molecular weight excluding hydrogens is 274 g/mol. The predicted molar refractivity (Wildman–Crippen MR) is 86.0 cm³/mol. The van der Waals surface area contributed by atoms with E-state index in [4.69, 9.17) is 10.5 Å². The van der Waals surface area contributed by atoms with Crippen molar-refractivity contribution in [3.8, 4) is 12.1 Å². The summed E-state index contributed by atoms with van der Waals surface area (Å²) < 4.78 is 0. The number of nitrogens with one attached hydrogen (secondary N) is 1. The van der Waals surface area contributed by atoms with Crippen LogP contribution in [0.2, 0.25) is 0 Å². The summed E-state index contributed by atoms with van der Waals surface area (Å²) >= 11 is 0. The lowest BCUT2D eigenvalue weighted by Gasteiger charge is -2.19. The van der Waals surface area contributed by atoms with Crippen molar-refractivity contribution in [2.24, 2.45) is 11.8 Å². The summed E-state index contributed by atoms with van der Waals surface area (Å²) in [6.45, 7) is 5.76. The van der Waals surface area contributed by atoms with Crippen molar-refractivity contribution in [2.45, 2.75) is 26.2 Å². The molecule has 1 aliphatic heterocycles. The van der Waals surface area contributed by atoms with Gasteiger partial charge in [-0.15, -0.1) is 0 Å². The first-order chi connectivity index (χ1) is 10.7. The smallest absolute Gasteiger partial charge is 0.126 e. The quantitative estimate of drug-likeness (QED) is 0.837. The van der Waals surface area contributed by atoms with E-state index in [1.54, 1.807) is 0 Å². The van der Waals surface area contributed by atoms with Crippen molar-refractivity contribution in [3.63, 3.8) is 0 Å². The van der Waals surface area contributed by atoms with Crippen LogP contribution in [-0.2, 0) is 0 Å². The van der Waals surface area contributed by atoms with E-state index < -0.39 is 0 Å². The minimum Gasteiger partial charge on any atom is -0.370 e. The van der Waals surface area contributed by atoms with Gasteiger partial charge >= 0.3 is 0 Å². The molecule has 116 valence electrons. The van der Waals surface area contributed by atoms with Crippen molar-refractivity contribution in [2.75, 3.05) is 31.5 Å². The molecule has 0 bridgehead atoms. The Morgan fingerprint density at radius 3 is 3.05 bits per heavy atom. The molecule has 1 N–H and O–H groups in total. The van der Waals surface area contributed by atoms with Gasteiger partial charge < -0.3 is 10.2 Å². The number of nitriles is 2. The highest BCUT2D eigenvalue weighted by atomic mass is 15.2. The molecule has 0 radical (unpaired) electrons. The Morgan fingerprint density at radius 1 is 1.45 bits per heavy atom. The molecule has 1 aliphatic rings. The van der Waals surface area contributed by atoms with Crippen LogP contribution in [0.25, 0.3) is 0 Å². The fourth-order valence-corrected chi connectivity index (χ4v) is 2.88. The van der Waals surface area contributed by atoms with E-state index in [1.807, 2.05) is 25.1 Å². The molecule has 1 aromatic rings. The normalized spacial score (nSPS) is 19.3. The summed E-state index contributed by atoms with van der Waals surface area (Å²) in [4.78, 5) is 6.80. The van der Waals surface area contributed by atoms with E-state index >= 15 is 0 Å². The van der Waals surface area contributed by atoms with E-state index in [-0.39, 0.29) is 5.92 Å². The van der Waals surface area contributed by atoms with Gasteiger partial charge in [0.15, 0.2) is 0 Å². The minimum absolute atomic E-state index is 0.0233. The lowest BCUT2D eigenvalue weighted by atomic mass is 10.1. The van der Waals surface area contributed by atoms with E-state index in [9.17, 15) is 0 Å². The summed E-state index contributed by atoms with van der Waals surface area (Å²) in [6.07, 6.45) is 2.30. The molecule has 5 nitrogen and oxygen atoms in total. The second-order valence-electron chi connectivity index (χ2n) is 5.98. The molecule has 0 spiro atoms. The second-order valence-corrected chi connectivity index (χ2v) is 5.98. The van der Waals surface area contributed by atoms with Crippen LogP contribution < -0.4 is 5.32 Å². The Labute approximate surface area is 132 Å². The Balaban J connectivity index is 1.73. The first-order valence-corrected chi connectivity index (χ1v) is 7.87. The van der Waals surface area contributed by atoms with Crippen LogP contribution in [0.1, 0.15) is 25.0 Å². The number of hydrogen-bond donors (Lipinski definition) is 1. The van der Waals surface area contributed by atoms with Crippen LogP contribution in [-0.4, -0.2) is 36.1 Å². The average molecular weight is 297 g/mol. The zero-order valence-corrected chi connectivity index (χ0v) is 13.1. The lowest BCUT2D eigenvalue weighted by molar-refractivity contribution is 0.290. The standard InChI is InChI=1S/C17H23N5/c1-14-4-2-6-17(21-14)20-11-16-7-9-22(13-16)12-15(10-19)5-3-8-18/h2,4,6,15-16H,3,5,7,9,11-13H2,1H3,(H,20,21). The predicted octanol–water partition coefficient (Wildman–Crippen LogP) is 2.57. The zero-order chi connectivity index (χ0) is 15.8. The van der Waals surface area contributed by atoms with Crippen LogP contribution in [0.4, 0.5) is 5.82 Å². The largest absolute Gasteiger partial charge is 0.370 e. The molecule has 1 fully saturated rings.